The van der Waals surface area contributed by atoms with Crippen LogP contribution in [0.4, 0.5) is 0 Å². The highest BCUT2D eigenvalue weighted by Crippen LogP contribution is 2.47. The molecule has 2 aromatic rings. The predicted octanol–water partition coefficient (Wildman–Crippen LogP) is 3.10. The summed E-state index contributed by atoms with van der Waals surface area (Å²) < 4.78 is 45.2. The third-order valence-electron chi connectivity index (χ3n) is 9.54. The lowest BCUT2D eigenvalue weighted by atomic mass is 9.93. The van der Waals surface area contributed by atoms with Crippen LogP contribution >= 0.6 is 0 Å². The molecule has 0 saturated heterocycles. The minimum absolute atomic E-state index is 0.152. The van der Waals surface area contributed by atoms with Gasteiger partial charge in [0.05, 0.1) is 36.3 Å². The molecule has 2 heterocycles. The van der Waals surface area contributed by atoms with Gasteiger partial charge in [0.15, 0.2) is 0 Å². The zero-order valence-corrected chi connectivity index (χ0v) is 27.3. The standard InChI is InChI=1S/C33H42N4O8S/c1-4-44-29-18-28(24-13-10-21(43-3)17-27(24)34-29)45-22-15-25-26(16-22)31(39)37(2)14-8-6-5-7-9-20-19-33(20,35-30(25)38)32(40)36-46(41,42)23-11-12-23/h7,9-10,13,17-18,20,22-23,25-26H,4-6,8,11-12,14-16,19H2,1-3H3,(H,35,38)(H,36,40). The zero-order chi connectivity index (χ0) is 32.6. The van der Waals surface area contributed by atoms with Gasteiger partial charge in [0, 0.05) is 37.0 Å². The van der Waals surface area contributed by atoms with E-state index < -0.39 is 50.6 Å². The fraction of sp³-hybridized carbons (Fsp3) is 0.576. The van der Waals surface area contributed by atoms with Crippen molar-refractivity contribution in [3.8, 4) is 17.4 Å². The molecule has 3 fully saturated rings. The number of sulfonamides is 1. The van der Waals surface area contributed by atoms with Crippen molar-refractivity contribution in [2.75, 3.05) is 27.3 Å². The molecule has 0 spiro atoms. The smallest absolute Gasteiger partial charge is 0.259 e. The van der Waals surface area contributed by atoms with Gasteiger partial charge >= 0.3 is 0 Å². The van der Waals surface area contributed by atoms with Crippen LogP contribution in [0, 0.1) is 17.8 Å². The van der Waals surface area contributed by atoms with Crippen LogP contribution in [0.5, 0.6) is 17.4 Å². The van der Waals surface area contributed by atoms with E-state index in [1.807, 2.05) is 31.2 Å². The van der Waals surface area contributed by atoms with Crippen LogP contribution in [-0.2, 0) is 24.4 Å². The molecule has 46 heavy (non-hydrogen) atoms. The second-order valence-corrected chi connectivity index (χ2v) is 14.8. The first-order valence-electron chi connectivity index (χ1n) is 16.1. The van der Waals surface area contributed by atoms with Crippen molar-refractivity contribution in [2.24, 2.45) is 17.8 Å². The monoisotopic (exact) mass is 654 g/mol. The van der Waals surface area contributed by atoms with Gasteiger partial charge in [-0.3, -0.25) is 19.1 Å². The first-order valence-corrected chi connectivity index (χ1v) is 17.7. The van der Waals surface area contributed by atoms with E-state index in [0.717, 1.165) is 24.6 Å². The predicted molar refractivity (Wildman–Crippen MR) is 170 cm³/mol. The van der Waals surface area contributed by atoms with Crippen molar-refractivity contribution in [1.82, 2.24) is 19.9 Å². The second-order valence-electron chi connectivity index (χ2n) is 12.8. The fourth-order valence-corrected chi connectivity index (χ4v) is 8.03. The Morgan fingerprint density at radius 2 is 1.93 bits per heavy atom. The average molecular weight is 655 g/mol. The van der Waals surface area contributed by atoms with Gasteiger partial charge in [0.2, 0.25) is 27.7 Å². The maximum atomic E-state index is 14.1. The van der Waals surface area contributed by atoms with Gasteiger partial charge in [-0.1, -0.05) is 12.2 Å². The van der Waals surface area contributed by atoms with Crippen LogP contribution in [0.2, 0.25) is 0 Å². The molecule has 5 unspecified atom stereocenters. The highest BCUT2D eigenvalue weighted by atomic mass is 32.2. The van der Waals surface area contributed by atoms with E-state index in [4.69, 9.17) is 14.2 Å². The topological polar surface area (TPSA) is 153 Å². The van der Waals surface area contributed by atoms with Crippen molar-refractivity contribution >= 4 is 38.6 Å². The molecule has 3 aliphatic carbocycles. The number of allylic oxidation sites excluding steroid dienone is 1. The molecule has 1 aliphatic heterocycles. The molecule has 12 nitrogen and oxygen atoms in total. The van der Waals surface area contributed by atoms with Crippen LogP contribution in [0.15, 0.2) is 36.4 Å². The first kappa shape index (κ1) is 32.1. The molecule has 3 amide bonds. The number of benzene rings is 1. The van der Waals surface area contributed by atoms with E-state index in [0.29, 0.717) is 61.7 Å². The van der Waals surface area contributed by atoms with Gasteiger partial charge < -0.3 is 24.4 Å². The number of rotatable bonds is 8. The quantitative estimate of drug-likeness (QED) is 0.409. The highest BCUT2D eigenvalue weighted by Gasteiger charge is 2.62. The van der Waals surface area contributed by atoms with E-state index in [9.17, 15) is 22.8 Å². The van der Waals surface area contributed by atoms with Crippen molar-refractivity contribution in [3.05, 3.63) is 36.4 Å². The molecular formula is C33H42N4O8S. The largest absolute Gasteiger partial charge is 0.497 e. The number of nitrogens with one attached hydrogen (secondary N) is 2. The molecule has 1 aromatic carbocycles. The van der Waals surface area contributed by atoms with Gasteiger partial charge in [-0.15, -0.1) is 0 Å². The van der Waals surface area contributed by atoms with Gasteiger partial charge in [-0.05, 0) is 70.4 Å². The summed E-state index contributed by atoms with van der Waals surface area (Å²) >= 11 is 0. The second kappa shape index (κ2) is 12.7. The van der Waals surface area contributed by atoms with E-state index in [2.05, 4.69) is 15.0 Å². The molecule has 248 valence electrons. The van der Waals surface area contributed by atoms with Gasteiger partial charge in [0.25, 0.3) is 5.91 Å². The summed E-state index contributed by atoms with van der Waals surface area (Å²) in [6.07, 6.45) is 7.62. The van der Waals surface area contributed by atoms with E-state index in [1.165, 1.54) is 0 Å². The number of amides is 3. The van der Waals surface area contributed by atoms with E-state index >= 15 is 0 Å². The Balaban J connectivity index is 1.29. The maximum Gasteiger partial charge on any atom is 0.259 e. The Morgan fingerprint density at radius 1 is 1.15 bits per heavy atom. The molecule has 2 N–H and O–H groups in total. The number of hydrogen-bond donors (Lipinski definition) is 2. The van der Waals surface area contributed by atoms with Crippen molar-refractivity contribution < 1.29 is 37.0 Å². The summed E-state index contributed by atoms with van der Waals surface area (Å²) in [5.74, 6) is -1.60. The third-order valence-corrected chi connectivity index (χ3v) is 11.4. The summed E-state index contributed by atoms with van der Waals surface area (Å²) in [6.45, 7) is 2.83. The van der Waals surface area contributed by atoms with E-state index in [-0.39, 0.29) is 18.2 Å². The minimum Gasteiger partial charge on any atom is -0.497 e. The number of pyridine rings is 1. The first-order chi connectivity index (χ1) is 22.0. The third kappa shape index (κ3) is 6.51. The minimum atomic E-state index is -3.81. The normalized spacial score (nSPS) is 28.5. The fourth-order valence-electron chi connectivity index (χ4n) is 6.67. The van der Waals surface area contributed by atoms with Crippen molar-refractivity contribution in [3.63, 3.8) is 0 Å². The Hall–Kier alpha value is -3.87. The Kier molecular flexibility index (Phi) is 8.88. The number of aromatic nitrogens is 1. The van der Waals surface area contributed by atoms with Crippen molar-refractivity contribution in [1.29, 1.82) is 0 Å². The number of methoxy groups -OCH3 is 1. The molecule has 1 aromatic heterocycles. The lowest BCUT2D eigenvalue weighted by Crippen LogP contribution is -2.54. The molecule has 0 radical (unpaired) electrons. The highest BCUT2D eigenvalue weighted by molar-refractivity contribution is 7.91. The van der Waals surface area contributed by atoms with Crippen LogP contribution in [0.25, 0.3) is 10.9 Å². The number of carbonyl (C=O) groups excluding carboxylic acids is 3. The van der Waals surface area contributed by atoms with Gasteiger partial charge in [0.1, 0.15) is 23.1 Å². The van der Waals surface area contributed by atoms with Crippen LogP contribution in [0.3, 0.4) is 0 Å². The Labute approximate surface area is 269 Å². The Morgan fingerprint density at radius 3 is 2.67 bits per heavy atom. The van der Waals surface area contributed by atoms with E-state index in [1.54, 1.807) is 31.2 Å². The molecule has 5 atom stereocenters. The maximum absolute atomic E-state index is 14.1. The SMILES string of the molecule is CCOc1cc(OC2CC3C(=O)NC4(C(=O)NS(=O)(=O)C5CC5)CC4C=CCCCCN(C)C(=O)C3C2)c2ccc(OC)cc2n1. The lowest BCUT2D eigenvalue weighted by Gasteiger charge is -2.26. The molecule has 13 heteroatoms. The number of nitrogens with zero attached hydrogens (tertiary/aromatic N) is 2. The van der Waals surface area contributed by atoms with Crippen LogP contribution in [-0.4, -0.2) is 80.2 Å². The summed E-state index contributed by atoms with van der Waals surface area (Å²) in [4.78, 5) is 47.6. The molecular weight excluding hydrogens is 612 g/mol. The summed E-state index contributed by atoms with van der Waals surface area (Å²) in [5, 5.41) is 3.08. The van der Waals surface area contributed by atoms with Crippen LogP contribution in [0.1, 0.15) is 58.3 Å². The number of carbonyl (C=O) groups is 3. The summed E-state index contributed by atoms with van der Waals surface area (Å²) in [6, 6.07) is 7.16. The molecule has 6 rings (SSSR count). The van der Waals surface area contributed by atoms with Gasteiger partial charge in [-0.2, -0.15) is 0 Å². The molecule has 3 saturated carbocycles. The number of fused-ring (bicyclic) bond motifs is 3. The Bertz CT molecular complexity index is 1660. The van der Waals surface area contributed by atoms with Crippen LogP contribution < -0.4 is 24.2 Å². The lowest BCUT2D eigenvalue weighted by molar-refractivity contribution is -0.140. The summed E-state index contributed by atoms with van der Waals surface area (Å²) in [5.41, 5.74) is -0.766. The average Bonchev–Trinajstić information content (AvgIpc) is 3.95. The number of hydrogen-bond acceptors (Lipinski definition) is 9. The van der Waals surface area contributed by atoms with Crippen molar-refractivity contribution in [2.45, 2.75) is 75.2 Å². The molecule has 0 bridgehead atoms. The summed E-state index contributed by atoms with van der Waals surface area (Å²) in [7, 11) is -0.485. The zero-order valence-electron chi connectivity index (χ0n) is 26.5. The van der Waals surface area contributed by atoms with Gasteiger partial charge in [-0.25, -0.2) is 13.4 Å². The molecule has 4 aliphatic rings. The number of ether oxygens (including phenoxy) is 3.